The van der Waals surface area contributed by atoms with Crippen LogP contribution in [0.3, 0.4) is 0 Å². The maximum absolute atomic E-state index is 12.7. The van der Waals surface area contributed by atoms with Gasteiger partial charge < -0.3 is 14.6 Å². The predicted molar refractivity (Wildman–Crippen MR) is 90.9 cm³/mol. The van der Waals surface area contributed by atoms with Gasteiger partial charge in [-0.3, -0.25) is 4.79 Å². The molecule has 1 aliphatic rings. The molecule has 24 heavy (non-hydrogen) atoms. The summed E-state index contributed by atoms with van der Waals surface area (Å²) in [5.74, 6) is 1.03. The number of aryl methyl sites for hydroxylation is 1. The van der Waals surface area contributed by atoms with Crippen molar-refractivity contribution in [3.8, 4) is 5.75 Å². The van der Waals surface area contributed by atoms with Crippen LogP contribution in [0.2, 0.25) is 0 Å². The monoisotopic (exact) mass is 328 g/mol. The van der Waals surface area contributed by atoms with E-state index in [1.807, 2.05) is 12.4 Å². The normalized spacial score (nSPS) is 17.9. The fraction of sp³-hybridized carbons (Fsp3) is 0.500. The third kappa shape index (κ3) is 3.42. The van der Waals surface area contributed by atoms with Crippen LogP contribution in [-0.2, 0) is 6.54 Å². The standard InChI is InChI=1S/C18H24N4O2/c1-2-3-10-21-12-9-20-17(21)14-6-5-11-22(13-14)18(24)16-15(23)7-4-8-19-16/h4,7-9,12,14,23H,2-3,5-6,10-11,13H2,1H3/t14-/m1/s1. The lowest BCUT2D eigenvalue weighted by Crippen LogP contribution is -2.40. The van der Waals surface area contributed by atoms with Gasteiger partial charge in [-0.25, -0.2) is 9.97 Å². The molecule has 2 aromatic heterocycles. The Morgan fingerprint density at radius 2 is 2.25 bits per heavy atom. The molecule has 0 spiro atoms. The fourth-order valence-corrected chi connectivity index (χ4v) is 3.28. The molecule has 1 amide bonds. The van der Waals surface area contributed by atoms with Crippen LogP contribution >= 0.6 is 0 Å². The number of carbonyl (C=O) groups excluding carboxylic acids is 1. The second-order valence-corrected chi connectivity index (χ2v) is 6.29. The zero-order valence-corrected chi connectivity index (χ0v) is 14.1. The van der Waals surface area contributed by atoms with Gasteiger partial charge in [-0.15, -0.1) is 0 Å². The number of imidazole rings is 1. The van der Waals surface area contributed by atoms with E-state index >= 15 is 0 Å². The highest BCUT2D eigenvalue weighted by atomic mass is 16.3. The molecular formula is C18H24N4O2. The Hall–Kier alpha value is -2.37. The number of pyridine rings is 1. The van der Waals surface area contributed by atoms with E-state index < -0.39 is 0 Å². The molecule has 1 fully saturated rings. The van der Waals surface area contributed by atoms with E-state index in [9.17, 15) is 9.90 Å². The first kappa shape index (κ1) is 16.5. The van der Waals surface area contributed by atoms with E-state index in [1.165, 1.54) is 12.3 Å². The molecule has 1 atom stereocenters. The summed E-state index contributed by atoms with van der Waals surface area (Å²) in [5.41, 5.74) is 0.132. The van der Waals surface area contributed by atoms with Crippen LogP contribution in [0, 0.1) is 0 Å². The largest absolute Gasteiger partial charge is 0.505 e. The molecule has 6 heteroatoms. The van der Waals surface area contributed by atoms with Crippen molar-refractivity contribution in [2.75, 3.05) is 13.1 Å². The lowest BCUT2D eigenvalue weighted by atomic mass is 9.96. The summed E-state index contributed by atoms with van der Waals surface area (Å²) in [7, 11) is 0. The molecule has 6 nitrogen and oxygen atoms in total. The van der Waals surface area contributed by atoms with Crippen LogP contribution in [0.4, 0.5) is 0 Å². The van der Waals surface area contributed by atoms with E-state index in [0.717, 1.165) is 38.1 Å². The number of carbonyl (C=O) groups is 1. The molecule has 3 rings (SSSR count). The Morgan fingerprint density at radius 3 is 3.04 bits per heavy atom. The van der Waals surface area contributed by atoms with Gasteiger partial charge in [0.05, 0.1) is 0 Å². The van der Waals surface area contributed by atoms with Gasteiger partial charge in [-0.05, 0) is 31.4 Å². The molecule has 0 radical (unpaired) electrons. The fourth-order valence-electron chi connectivity index (χ4n) is 3.28. The van der Waals surface area contributed by atoms with Gasteiger partial charge in [0, 0.05) is 44.1 Å². The SMILES string of the molecule is CCCCn1ccnc1[C@@H]1CCCN(C(=O)c2ncccc2O)C1. The smallest absolute Gasteiger partial charge is 0.276 e. The van der Waals surface area contributed by atoms with E-state index in [2.05, 4.69) is 21.5 Å². The number of unbranched alkanes of at least 4 members (excludes halogenated alkanes) is 1. The highest BCUT2D eigenvalue weighted by Crippen LogP contribution is 2.28. The van der Waals surface area contributed by atoms with Gasteiger partial charge in [0.15, 0.2) is 5.69 Å². The molecule has 0 unspecified atom stereocenters. The Labute approximate surface area is 142 Å². The minimum absolute atomic E-state index is 0.0610. The van der Waals surface area contributed by atoms with Gasteiger partial charge in [0.1, 0.15) is 11.6 Å². The molecule has 1 aliphatic heterocycles. The zero-order valence-electron chi connectivity index (χ0n) is 14.1. The number of likely N-dealkylation sites (tertiary alicyclic amines) is 1. The Kier molecular flexibility index (Phi) is 5.13. The molecule has 0 aliphatic carbocycles. The third-order valence-corrected chi connectivity index (χ3v) is 4.56. The molecule has 1 saturated heterocycles. The average molecular weight is 328 g/mol. The van der Waals surface area contributed by atoms with Gasteiger partial charge in [0.25, 0.3) is 5.91 Å². The molecule has 0 aromatic carbocycles. The molecule has 1 N–H and O–H groups in total. The maximum Gasteiger partial charge on any atom is 0.276 e. The number of aromatic hydroxyl groups is 1. The van der Waals surface area contributed by atoms with Crippen LogP contribution in [-0.4, -0.2) is 43.5 Å². The third-order valence-electron chi connectivity index (χ3n) is 4.56. The van der Waals surface area contributed by atoms with Crippen molar-refractivity contribution >= 4 is 5.91 Å². The van der Waals surface area contributed by atoms with Crippen LogP contribution in [0.1, 0.15) is 54.8 Å². The van der Waals surface area contributed by atoms with E-state index in [0.29, 0.717) is 13.1 Å². The molecule has 2 aromatic rings. The van der Waals surface area contributed by atoms with Crippen molar-refractivity contribution < 1.29 is 9.90 Å². The number of nitrogens with zero attached hydrogens (tertiary/aromatic N) is 4. The second kappa shape index (κ2) is 7.47. The van der Waals surface area contributed by atoms with Crippen molar-refractivity contribution in [2.24, 2.45) is 0 Å². The molecule has 3 heterocycles. The Balaban J connectivity index is 1.74. The molecule has 128 valence electrons. The summed E-state index contributed by atoms with van der Waals surface area (Å²) in [5, 5.41) is 9.88. The molecule has 0 saturated carbocycles. The van der Waals surface area contributed by atoms with Crippen LogP contribution < -0.4 is 0 Å². The number of amides is 1. The summed E-state index contributed by atoms with van der Waals surface area (Å²) in [6, 6.07) is 3.12. The Morgan fingerprint density at radius 1 is 1.38 bits per heavy atom. The number of aromatic nitrogens is 3. The van der Waals surface area contributed by atoms with E-state index in [-0.39, 0.29) is 23.3 Å². The van der Waals surface area contributed by atoms with Crippen molar-refractivity contribution in [2.45, 2.75) is 45.1 Å². The lowest BCUT2D eigenvalue weighted by molar-refractivity contribution is 0.0694. The van der Waals surface area contributed by atoms with Crippen molar-refractivity contribution in [3.63, 3.8) is 0 Å². The van der Waals surface area contributed by atoms with E-state index in [4.69, 9.17) is 0 Å². The minimum atomic E-state index is -0.204. The van der Waals surface area contributed by atoms with Crippen molar-refractivity contribution in [3.05, 3.63) is 42.2 Å². The summed E-state index contributed by atoms with van der Waals surface area (Å²) in [4.78, 5) is 23.0. The summed E-state index contributed by atoms with van der Waals surface area (Å²) >= 11 is 0. The van der Waals surface area contributed by atoms with Crippen molar-refractivity contribution in [1.29, 1.82) is 0 Å². The number of rotatable bonds is 5. The zero-order chi connectivity index (χ0) is 16.9. The highest BCUT2D eigenvalue weighted by molar-refractivity contribution is 5.94. The highest BCUT2D eigenvalue weighted by Gasteiger charge is 2.29. The van der Waals surface area contributed by atoms with Crippen LogP contribution in [0.25, 0.3) is 0 Å². The minimum Gasteiger partial charge on any atom is -0.505 e. The van der Waals surface area contributed by atoms with Crippen molar-refractivity contribution in [1.82, 2.24) is 19.4 Å². The van der Waals surface area contributed by atoms with Gasteiger partial charge in [0.2, 0.25) is 0 Å². The van der Waals surface area contributed by atoms with Crippen LogP contribution in [0.5, 0.6) is 5.75 Å². The summed E-state index contributed by atoms with van der Waals surface area (Å²) in [6.07, 6.45) is 9.64. The molecule has 0 bridgehead atoms. The maximum atomic E-state index is 12.7. The van der Waals surface area contributed by atoms with Gasteiger partial charge in [-0.1, -0.05) is 13.3 Å². The first-order chi connectivity index (χ1) is 11.7. The average Bonchev–Trinajstić information content (AvgIpc) is 3.08. The Bertz CT molecular complexity index is 698. The number of hydrogen-bond acceptors (Lipinski definition) is 4. The predicted octanol–water partition coefficient (Wildman–Crippen LogP) is 2.80. The van der Waals surface area contributed by atoms with Gasteiger partial charge in [-0.2, -0.15) is 0 Å². The number of hydrogen-bond donors (Lipinski definition) is 1. The summed E-state index contributed by atoms with van der Waals surface area (Å²) in [6.45, 7) is 4.47. The summed E-state index contributed by atoms with van der Waals surface area (Å²) < 4.78 is 2.21. The lowest BCUT2D eigenvalue weighted by Gasteiger charge is -2.32. The first-order valence-electron chi connectivity index (χ1n) is 8.65. The van der Waals surface area contributed by atoms with E-state index in [1.54, 1.807) is 11.0 Å². The van der Waals surface area contributed by atoms with Crippen LogP contribution in [0.15, 0.2) is 30.7 Å². The second-order valence-electron chi connectivity index (χ2n) is 6.29. The quantitative estimate of drug-likeness (QED) is 0.916. The van der Waals surface area contributed by atoms with Gasteiger partial charge >= 0.3 is 0 Å². The molecular weight excluding hydrogens is 304 g/mol. The topological polar surface area (TPSA) is 71.2 Å². The number of piperidine rings is 1. The first-order valence-corrected chi connectivity index (χ1v) is 8.65.